The van der Waals surface area contributed by atoms with Crippen LogP contribution in [-0.2, 0) is 10.8 Å². The van der Waals surface area contributed by atoms with E-state index >= 15 is 0 Å². The lowest BCUT2D eigenvalue weighted by atomic mass is 10.00. The van der Waals surface area contributed by atoms with Gasteiger partial charge in [0.1, 0.15) is 0 Å². The van der Waals surface area contributed by atoms with Gasteiger partial charge in [0.15, 0.2) is 0 Å². The highest BCUT2D eigenvalue weighted by atomic mass is 32.2. The van der Waals surface area contributed by atoms with Crippen molar-refractivity contribution in [2.75, 3.05) is 18.1 Å². The Kier molecular flexibility index (Phi) is 7.30. The molecule has 1 saturated carbocycles. The van der Waals surface area contributed by atoms with Crippen molar-refractivity contribution in [3.05, 3.63) is 0 Å². The van der Waals surface area contributed by atoms with Gasteiger partial charge in [-0.3, -0.25) is 4.21 Å². The van der Waals surface area contributed by atoms with Crippen LogP contribution in [0.4, 0.5) is 0 Å². The van der Waals surface area contributed by atoms with Gasteiger partial charge in [-0.2, -0.15) is 0 Å². The third-order valence-corrected chi connectivity index (χ3v) is 5.02. The van der Waals surface area contributed by atoms with Crippen LogP contribution in [0, 0.1) is 5.92 Å². The minimum Gasteiger partial charge on any atom is -0.313 e. The SMILES string of the molecule is CCCNC(CS(=O)CCC)C1CCCC1. The Morgan fingerprint density at radius 2 is 1.94 bits per heavy atom. The molecular weight excluding hydrogens is 218 g/mol. The highest BCUT2D eigenvalue weighted by Gasteiger charge is 2.25. The molecule has 0 aromatic carbocycles. The molecule has 1 N–H and O–H groups in total. The van der Waals surface area contributed by atoms with Crippen LogP contribution in [0.5, 0.6) is 0 Å². The maximum absolute atomic E-state index is 11.8. The Morgan fingerprint density at radius 1 is 1.25 bits per heavy atom. The molecule has 2 unspecified atom stereocenters. The first-order chi connectivity index (χ1) is 7.77. The fourth-order valence-corrected chi connectivity index (χ4v) is 3.98. The first-order valence-electron chi connectivity index (χ1n) is 6.86. The lowest BCUT2D eigenvalue weighted by molar-refractivity contribution is 0.385. The highest BCUT2D eigenvalue weighted by molar-refractivity contribution is 7.85. The summed E-state index contributed by atoms with van der Waals surface area (Å²) >= 11 is 0. The molecule has 2 nitrogen and oxygen atoms in total. The molecule has 2 atom stereocenters. The Labute approximate surface area is 103 Å². The lowest BCUT2D eigenvalue weighted by Crippen LogP contribution is -2.40. The van der Waals surface area contributed by atoms with Crippen molar-refractivity contribution in [1.82, 2.24) is 5.32 Å². The molecule has 0 aliphatic heterocycles. The van der Waals surface area contributed by atoms with Gasteiger partial charge in [-0.25, -0.2) is 0 Å². The van der Waals surface area contributed by atoms with Gasteiger partial charge in [0.05, 0.1) is 0 Å². The molecule has 0 radical (unpaired) electrons. The summed E-state index contributed by atoms with van der Waals surface area (Å²) in [5, 5.41) is 3.61. The van der Waals surface area contributed by atoms with Gasteiger partial charge in [0.2, 0.25) is 0 Å². The van der Waals surface area contributed by atoms with Crippen LogP contribution in [0.15, 0.2) is 0 Å². The summed E-state index contributed by atoms with van der Waals surface area (Å²) in [7, 11) is -0.612. The molecule has 1 rings (SSSR count). The second-order valence-corrected chi connectivity index (χ2v) is 6.54. The third kappa shape index (κ3) is 4.96. The summed E-state index contributed by atoms with van der Waals surface area (Å²) in [5.41, 5.74) is 0. The predicted octanol–water partition coefficient (Wildman–Crippen LogP) is 2.70. The molecule has 0 aromatic rings. The van der Waals surface area contributed by atoms with Gasteiger partial charge in [-0.05, 0) is 38.1 Å². The maximum Gasteiger partial charge on any atom is 0.0391 e. The fraction of sp³-hybridized carbons (Fsp3) is 1.00. The van der Waals surface area contributed by atoms with Gasteiger partial charge in [-0.1, -0.05) is 26.7 Å². The van der Waals surface area contributed by atoms with Gasteiger partial charge in [0, 0.05) is 28.3 Å². The van der Waals surface area contributed by atoms with E-state index in [0.717, 1.165) is 30.4 Å². The first kappa shape index (κ1) is 14.2. The molecule has 0 bridgehead atoms. The molecule has 1 aliphatic rings. The molecule has 1 aliphatic carbocycles. The third-order valence-electron chi connectivity index (χ3n) is 3.42. The van der Waals surface area contributed by atoms with Crippen LogP contribution < -0.4 is 5.32 Å². The van der Waals surface area contributed by atoms with E-state index in [2.05, 4.69) is 19.2 Å². The highest BCUT2D eigenvalue weighted by Crippen LogP contribution is 2.28. The summed E-state index contributed by atoms with van der Waals surface area (Å²) in [6, 6.07) is 0.509. The van der Waals surface area contributed by atoms with Crippen molar-refractivity contribution in [2.45, 2.75) is 58.4 Å². The summed E-state index contributed by atoms with van der Waals surface area (Å²) in [5.74, 6) is 2.53. The van der Waals surface area contributed by atoms with Crippen molar-refractivity contribution in [3.63, 3.8) is 0 Å². The quantitative estimate of drug-likeness (QED) is 0.712. The largest absolute Gasteiger partial charge is 0.313 e. The van der Waals surface area contributed by atoms with Gasteiger partial charge in [-0.15, -0.1) is 0 Å². The smallest absolute Gasteiger partial charge is 0.0391 e. The van der Waals surface area contributed by atoms with E-state index in [0.29, 0.717) is 6.04 Å². The molecule has 0 spiro atoms. The van der Waals surface area contributed by atoms with E-state index < -0.39 is 10.8 Å². The predicted molar refractivity (Wildman–Crippen MR) is 72.2 cm³/mol. The van der Waals surface area contributed by atoms with Gasteiger partial charge in [0.25, 0.3) is 0 Å². The first-order valence-corrected chi connectivity index (χ1v) is 8.35. The van der Waals surface area contributed by atoms with Crippen LogP contribution >= 0.6 is 0 Å². The Morgan fingerprint density at radius 3 is 2.50 bits per heavy atom. The average molecular weight is 245 g/mol. The van der Waals surface area contributed by atoms with E-state index in [-0.39, 0.29) is 0 Å². The number of nitrogens with one attached hydrogen (secondary N) is 1. The van der Waals surface area contributed by atoms with Crippen LogP contribution in [0.3, 0.4) is 0 Å². The van der Waals surface area contributed by atoms with Gasteiger partial charge < -0.3 is 5.32 Å². The Balaban J connectivity index is 2.39. The Bertz CT molecular complexity index is 202. The minimum atomic E-state index is -0.612. The number of hydrogen-bond acceptors (Lipinski definition) is 2. The molecule has 3 heteroatoms. The van der Waals surface area contributed by atoms with Crippen molar-refractivity contribution in [1.29, 1.82) is 0 Å². The molecule has 0 amide bonds. The fourth-order valence-electron chi connectivity index (χ4n) is 2.56. The second-order valence-electron chi connectivity index (χ2n) is 4.92. The molecular formula is C13H27NOS. The standard InChI is InChI=1S/C13H27NOS/c1-3-9-14-13(11-16(15)10-4-2)12-7-5-6-8-12/h12-14H,3-11H2,1-2H3. The minimum absolute atomic E-state index is 0.509. The van der Waals surface area contributed by atoms with Crippen LogP contribution in [0.2, 0.25) is 0 Å². The zero-order chi connectivity index (χ0) is 11.8. The molecule has 1 fully saturated rings. The zero-order valence-electron chi connectivity index (χ0n) is 10.8. The van der Waals surface area contributed by atoms with Crippen LogP contribution in [-0.4, -0.2) is 28.3 Å². The molecule has 0 aromatic heterocycles. The monoisotopic (exact) mass is 245 g/mol. The topological polar surface area (TPSA) is 29.1 Å². The summed E-state index contributed by atoms with van der Waals surface area (Å²) in [6.45, 7) is 5.38. The zero-order valence-corrected chi connectivity index (χ0v) is 11.7. The van der Waals surface area contributed by atoms with E-state index in [1.807, 2.05) is 0 Å². The van der Waals surface area contributed by atoms with E-state index in [1.54, 1.807) is 0 Å². The second kappa shape index (κ2) is 8.24. The van der Waals surface area contributed by atoms with Crippen LogP contribution in [0.25, 0.3) is 0 Å². The van der Waals surface area contributed by atoms with E-state index in [1.165, 1.54) is 32.1 Å². The Hall–Kier alpha value is 0.110. The molecule has 0 saturated heterocycles. The van der Waals surface area contributed by atoms with Crippen LogP contribution in [0.1, 0.15) is 52.4 Å². The summed E-state index contributed by atoms with van der Waals surface area (Å²) in [4.78, 5) is 0. The van der Waals surface area contributed by atoms with Crippen molar-refractivity contribution in [2.24, 2.45) is 5.92 Å². The van der Waals surface area contributed by atoms with Crippen molar-refractivity contribution < 1.29 is 4.21 Å². The normalized spacial score (nSPS) is 21.1. The molecule has 96 valence electrons. The lowest BCUT2D eigenvalue weighted by Gasteiger charge is -2.24. The van der Waals surface area contributed by atoms with Gasteiger partial charge >= 0.3 is 0 Å². The van der Waals surface area contributed by atoms with E-state index in [9.17, 15) is 4.21 Å². The number of rotatable bonds is 8. The van der Waals surface area contributed by atoms with Crippen molar-refractivity contribution in [3.8, 4) is 0 Å². The summed E-state index contributed by atoms with van der Waals surface area (Å²) in [6.07, 6.45) is 7.63. The average Bonchev–Trinajstić information content (AvgIpc) is 2.77. The van der Waals surface area contributed by atoms with E-state index in [4.69, 9.17) is 0 Å². The molecule has 16 heavy (non-hydrogen) atoms. The summed E-state index contributed by atoms with van der Waals surface area (Å²) < 4.78 is 11.8. The number of hydrogen-bond donors (Lipinski definition) is 1. The maximum atomic E-state index is 11.8. The molecule has 0 heterocycles. The van der Waals surface area contributed by atoms with Crippen molar-refractivity contribution >= 4 is 10.8 Å².